The molecule has 88 valence electrons. The van der Waals surface area contributed by atoms with Crippen molar-refractivity contribution in [1.29, 1.82) is 0 Å². The average Bonchev–Trinajstić information content (AvgIpc) is 2.30. The number of anilines is 2. The van der Waals surface area contributed by atoms with Crippen LogP contribution in [-0.2, 0) is 11.3 Å². The van der Waals surface area contributed by atoms with Crippen LogP contribution in [0.5, 0.6) is 0 Å². The predicted molar refractivity (Wildman–Crippen MR) is 67.5 cm³/mol. The van der Waals surface area contributed by atoms with Crippen molar-refractivity contribution in [2.24, 2.45) is 0 Å². The highest BCUT2D eigenvalue weighted by Gasteiger charge is 2.03. The van der Waals surface area contributed by atoms with Gasteiger partial charge in [-0.3, -0.25) is 0 Å². The molecule has 5 heteroatoms. The van der Waals surface area contributed by atoms with E-state index in [-0.39, 0.29) is 0 Å². The number of aromatic nitrogens is 2. The fourth-order valence-corrected chi connectivity index (χ4v) is 1.60. The van der Waals surface area contributed by atoms with Crippen LogP contribution < -0.4 is 5.32 Å². The molecule has 0 amide bonds. The monoisotopic (exact) mass is 249 g/mol. The third kappa shape index (κ3) is 3.41. The van der Waals surface area contributed by atoms with E-state index >= 15 is 0 Å². The first kappa shape index (κ1) is 11.8. The lowest BCUT2D eigenvalue weighted by atomic mass is 10.3. The summed E-state index contributed by atoms with van der Waals surface area (Å²) in [5, 5.41) is 3.48. The molecule has 1 aromatic carbocycles. The normalized spacial score (nSPS) is 10.2. The zero-order valence-electron chi connectivity index (χ0n) is 9.35. The van der Waals surface area contributed by atoms with E-state index < -0.39 is 0 Å². The summed E-state index contributed by atoms with van der Waals surface area (Å²) in [7, 11) is 1.61. The first-order chi connectivity index (χ1) is 8.28. The van der Waals surface area contributed by atoms with Crippen molar-refractivity contribution in [2.45, 2.75) is 6.61 Å². The number of rotatable bonds is 4. The summed E-state index contributed by atoms with van der Waals surface area (Å²) in [6.07, 6.45) is 0. The molecular formula is C12H12ClN3O. The van der Waals surface area contributed by atoms with Gasteiger partial charge in [0.25, 0.3) is 0 Å². The van der Waals surface area contributed by atoms with Gasteiger partial charge in [-0.05, 0) is 18.2 Å². The minimum atomic E-state index is 0.394. The molecule has 2 aromatic rings. The second-order valence-corrected chi connectivity index (χ2v) is 3.82. The van der Waals surface area contributed by atoms with Gasteiger partial charge < -0.3 is 10.1 Å². The quantitative estimate of drug-likeness (QED) is 0.847. The number of nitrogens with one attached hydrogen (secondary N) is 1. The van der Waals surface area contributed by atoms with Crippen LogP contribution in [0.3, 0.4) is 0 Å². The van der Waals surface area contributed by atoms with E-state index in [1.54, 1.807) is 13.2 Å². The number of ether oxygens (including phenoxy) is 1. The molecule has 0 aliphatic carbocycles. The van der Waals surface area contributed by atoms with Gasteiger partial charge >= 0.3 is 0 Å². The maximum absolute atomic E-state index is 5.91. The number of hydrogen-bond acceptors (Lipinski definition) is 4. The summed E-state index contributed by atoms with van der Waals surface area (Å²) in [4.78, 5) is 8.39. The number of nitrogens with zero attached hydrogens (tertiary/aromatic N) is 2. The van der Waals surface area contributed by atoms with Crippen LogP contribution >= 0.6 is 11.6 Å². The molecule has 0 saturated carbocycles. The Balaban J connectivity index is 2.21. The molecule has 0 bridgehead atoms. The second-order valence-electron chi connectivity index (χ2n) is 3.43. The Morgan fingerprint density at radius 2 is 2.00 bits per heavy atom. The summed E-state index contributed by atoms with van der Waals surface area (Å²) in [6, 6.07) is 11.4. The standard InChI is InChI=1S/C12H12ClN3O/c1-17-8-10-7-11(13)16-12(15-10)14-9-5-3-2-4-6-9/h2-7H,8H2,1H3,(H,14,15,16). The molecule has 0 spiro atoms. The van der Waals surface area contributed by atoms with Gasteiger partial charge in [-0.15, -0.1) is 0 Å². The summed E-state index contributed by atoms with van der Waals surface area (Å²) >= 11 is 5.91. The molecule has 1 aromatic heterocycles. The van der Waals surface area contributed by atoms with Gasteiger partial charge in [0.15, 0.2) is 0 Å². The molecule has 0 aliphatic heterocycles. The van der Waals surface area contributed by atoms with E-state index in [9.17, 15) is 0 Å². The maximum Gasteiger partial charge on any atom is 0.228 e. The zero-order valence-corrected chi connectivity index (χ0v) is 10.1. The van der Waals surface area contributed by atoms with Crippen molar-refractivity contribution in [3.8, 4) is 0 Å². The average molecular weight is 250 g/mol. The Morgan fingerprint density at radius 1 is 1.24 bits per heavy atom. The molecule has 0 atom stereocenters. The van der Waals surface area contributed by atoms with E-state index in [0.717, 1.165) is 11.4 Å². The summed E-state index contributed by atoms with van der Waals surface area (Å²) in [5.74, 6) is 0.468. The van der Waals surface area contributed by atoms with E-state index in [1.165, 1.54) is 0 Å². The molecule has 0 unspecified atom stereocenters. The molecule has 1 heterocycles. The Morgan fingerprint density at radius 3 is 2.71 bits per heavy atom. The van der Waals surface area contributed by atoms with E-state index in [1.807, 2.05) is 30.3 Å². The molecule has 0 fully saturated rings. The molecule has 2 rings (SSSR count). The van der Waals surface area contributed by atoms with Gasteiger partial charge in [0.2, 0.25) is 5.95 Å². The van der Waals surface area contributed by atoms with Crippen LogP contribution in [-0.4, -0.2) is 17.1 Å². The van der Waals surface area contributed by atoms with Crippen LogP contribution in [0, 0.1) is 0 Å². The lowest BCUT2D eigenvalue weighted by Crippen LogP contribution is -2.01. The van der Waals surface area contributed by atoms with Crippen LogP contribution in [0.1, 0.15) is 5.69 Å². The Kier molecular flexibility index (Phi) is 3.90. The zero-order chi connectivity index (χ0) is 12.1. The van der Waals surface area contributed by atoms with Crippen LogP contribution in [0.2, 0.25) is 5.15 Å². The molecule has 0 aliphatic rings. The van der Waals surface area contributed by atoms with Crippen molar-refractivity contribution in [3.05, 3.63) is 47.2 Å². The molecule has 1 N–H and O–H groups in total. The van der Waals surface area contributed by atoms with Gasteiger partial charge in [0.1, 0.15) is 5.15 Å². The van der Waals surface area contributed by atoms with Crippen LogP contribution in [0.25, 0.3) is 0 Å². The Bertz CT molecular complexity index is 490. The van der Waals surface area contributed by atoms with Crippen molar-refractivity contribution in [3.63, 3.8) is 0 Å². The largest absolute Gasteiger partial charge is 0.378 e. The molecule has 4 nitrogen and oxygen atoms in total. The second kappa shape index (κ2) is 5.61. The van der Waals surface area contributed by atoms with Crippen molar-refractivity contribution in [1.82, 2.24) is 9.97 Å². The third-order valence-electron chi connectivity index (χ3n) is 2.07. The number of benzene rings is 1. The van der Waals surface area contributed by atoms with Gasteiger partial charge in [0, 0.05) is 12.8 Å². The first-order valence-corrected chi connectivity index (χ1v) is 5.50. The van der Waals surface area contributed by atoms with Gasteiger partial charge in [-0.2, -0.15) is 0 Å². The fraction of sp³-hybridized carbons (Fsp3) is 0.167. The highest BCUT2D eigenvalue weighted by atomic mass is 35.5. The highest BCUT2D eigenvalue weighted by Crippen LogP contribution is 2.15. The Hall–Kier alpha value is -1.65. The number of hydrogen-bond donors (Lipinski definition) is 1. The third-order valence-corrected chi connectivity index (χ3v) is 2.26. The van der Waals surface area contributed by atoms with Crippen molar-refractivity contribution in [2.75, 3.05) is 12.4 Å². The molecule has 0 radical (unpaired) electrons. The van der Waals surface area contributed by atoms with Crippen LogP contribution in [0.15, 0.2) is 36.4 Å². The van der Waals surface area contributed by atoms with Gasteiger partial charge in [-0.25, -0.2) is 9.97 Å². The smallest absolute Gasteiger partial charge is 0.228 e. The van der Waals surface area contributed by atoms with Crippen LogP contribution in [0.4, 0.5) is 11.6 Å². The number of para-hydroxylation sites is 1. The minimum absolute atomic E-state index is 0.394. The molecular weight excluding hydrogens is 238 g/mol. The molecule has 0 saturated heterocycles. The van der Waals surface area contributed by atoms with Crippen molar-refractivity contribution >= 4 is 23.2 Å². The predicted octanol–water partition coefficient (Wildman–Crippen LogP) is 3.02. The van der Waals surface area contributed by atoms with E-state index in [0.29, 0.717) is 17.7 Å². The first-order valence-electron chi connectivity index (χ1n) is 5.12. The number of methoxy groups -OCH3 is 1. The molecule has 17 heavy (non-hydrogen) atoms. The van der Waals surface area contributed by atoms with Gasteiger partial charge in [-0.1, -0.05) is 29.8 Å². The summed E-state index contributed by atoms with van der Waals surface area (Å²) < 4.78 is 5.01. The topological polar surface area (TPSA) is 47.0 Å². The fourth-order valence-electron chi connectivity index (χ4n) is 1.39. The minimum Gasteiger partial charge on any atom is -0.378 e. The maximum atomic E-state index is 5.91. The van der Waals surface area contributed by atoms with Gasteiger partial charge in [0.05, 0.1) is 12.3 Å². The Labute approximate surface area is 105 Å². The van der Waals surface area contributed by atoms with E-state index in [2.05, 4.69) is 15.3 Å². The van der Waals surface area contributed by atoms with Crippen molar-refractivity contribution < 1.29 is 4.74 Å². The highest BCUT2D eigenvalue weighted by molar-refractivity contribution is 6.29. The SMILES string of the molecule is COCc1cc(Cl)nc(Nc2ccccc2)n1. The number of halogens is 1. The summed E-state index contributed by atoms with van der Waals surface area (Å²) in [6.45, 7) is 0.408. The lowest BCUT2D eigenvalue weighted by Gasteiger charge is -2.06. The lowest BCUT2D eigenvalue weighted by molar-refractivity contribution is 0.181. The van der Waals surface area contributed by atoms with E-state index in [4.69, 9.17) is 16.3 Å². The summed E-state index contributed by atoms with van der Waals surface area (Å²) in [5.41, 5.74) is 1.66.